The predicted molar refractivity (Wildman–Crippen MR) is 86.7 cm³/mol. The van der Waals surface area contributed by atoms with Crippen LogP contribution in [0.5, 0.6) is 0 Å². The maximum Gasteiger partial charge on any atom is 0.282 e. The van der Waals surface area contributed by atoms with Gasteiger partial charge >= 0.3 is 0 Å². The number of furan rings is 1. The molecule has 2 aromatic rings. The number of para-hydroxylation sites is 1. The van der Waals surface area contributed by atoms with Crippen molar-refractivity contribution in [3.63, 3.8) is 0 Å². The Balaban J connectivity index is 1.85. The maximum atomic E-state index is 12.7. The van der Waals surface area contributed by atoms with Crippen LogP contribution in [0.25, 0.3) is 11.0 Å². The van der Waals surface area contributed by atoms with Gasteiger partial charge in [0.2, 0.25) is 0 Å². The fourth-order valence-corrected chi connectivity index (χ4v) is 4.45. The topological polar surface area (TPSA) is 53.8 Å². The van der Waals surface area contributed by atoms with E-state index in [0.717, 1.165) is 30.2 Å². The molecule has 1 aliphatic heterocycles. The minimum atomic E-state index is -3.44. The minimum Gasteiger partial charge on any atom is -0.459 e. The summed E-state index contributed by atoms with van der Waals surface area (Å²) in [6, 6.07) is 9.30. The summed E-state index contributed by atoms with van der Waals surface area (Å²) in [7, 11) is -1.81. The third-order valence-corrected chi connectivity index (χ3v) is 6.47. The van der Waals surface area contributed by atoms with Crippen LogP contribution >= 0.6 is 0 Å². The van der Waals surface area contributed by atoms with Crippen molar-refractivity contribution in [1.29, 1.82) is 0 Å². The summed E-state index contributed by atoms with van der Waals surface area (Å²) in [6.45, 7) is 3.08. The van der Waals surface area contributed by atoms with E-state index in [0.29, 0.717) is 18.8 Å². The van der Waals surface area contributed by atoms with Gasteiger partial charge in [0.05, 0.1) is 6.04 Å². The molecule has 0 N–H and O–H groups in total. The largest absolute Gasteiger partial charge is 0.459 e. The third kappa shape index (κ3) is 2.78. The van der Waals surface area contributed by atoms with E-state index in [1.807, 2.05) is 37.3 Å². The van der Waals surface area contributed by atoms with Gasteiger partial charge in [-0.2, -0.15) is 17.0 Å². The third-order valence-electron chi connectivity index (χ3n) is 4.41. The van der Waals surface area contributed by atoms with Crippen LogP contribution in [-0.2, 0) is 10.2 Å². The van der Waals surface area contributed by atoms with Gasteiger partial charge in [-0.15, -0.1) is 0 Å². The van der Waals surface area contributed by atoms with Gasteiger partial charge in [-0.05, 0) is 31.9 Å². The van der Waals surface area contributed by atoms with Gasteiger partial charge in [-0.3, -0.25) is 0 Å². The Labute approximate surface area is 131 Å². The summed E-state index contributed by atoms with van der Waals surface area (Å²) >= 11 is 0. The van der Waals surface area contributed by atoms with Gasteiger partial charge in [-0.25, -0.2) is 0 Å². The SMILES string of the molecule is CC(c1cc2ccccc2o1)N(C)S(=O)(=O)N1CCCCC1. The standard InChI is InChI=1S/C16H22N2O3S/c1-13(16-12-14-8-4-5-9-15(14)21-16)17(2)22(19,20)18-10-6-3-7-11-18/h4-5,8-9,12-13H,3,6-7,10-11H2,1-2H3. The number of piperidine rings is 1. The van der Waals surface area contributed by atoms with Crippen molar-refractivity contribution in [2.45, 2.75) is 32.2 Å². The Kier molecular flexibility index (Phi) is 4.25. The smallest absolute Gasteiger partial charge is 0.282 e. The number of fused-ring (bicyclic) bond motifs is 1. The number of hydrogen-bond acceptors (Lipinski definition) is 3. The highest BCUT2D eigenvalue weighted by molar-refractivity contribution is 7.86. The highest BCUT2D eigenvalue weighted by Crippen LogP contribution is 2.29. The van der Waals surface area contributed by atoms with E-state index in [-0.39, 0.29) is 6.04 Å². The van der Waals surface area contributed by atoms with Gasteiger partial charge in [0.25, 0.3) is 10.2 Å². The average Bonchev–Trinajstić information content (AvgIpc) is 2.98. The number of hydrogen-bond donors (Lipinski definition) is 0. The van der Waals surface area contributed by atoms with Crippen molar-refractivity contribution < 1.29 is 12.8 Å². The number of nitrogens with zero attached hydrogens (tertiary/aromatic N) is 2. The molecule has 6 heteroatoms. The molecule has 0 spiro atoms. The molecule has 0 saturated carbocycles. The van der Waals surface area contributed by atoms with Gasteiger partial charge in [-0.1, -0.05) is 24.6 Å². The normalized spacial score (nSPS) is 18.9. The van der Waals surface area contributed by atoms with Gasteiger partial charge in [0, 0.05) is 25.5 Å². The summed E-state index contributed by atoms with van der Waals surface area (Å²) in [5.41, 5.74) is 0.785. The zero-order valence-corrected chi connectivity index (χ0v) is 13.8. The first-order valence-electron chi connectivity index (χ1n) is 7.72. The lowest BCUT2D eigenvalue weighted by Crippen LogP contribution is -2.45. The highest BCUT2D eigenvalue weighted by atomic mass is 32.2. The fourth-order valence-electron chi connectivity index (χ4n) is 2.87. The van der Waals surface area contributed by atoms with Gasteiger partial charge in [0.1, 0.15) is 11.3 Å². The molecule has 5 nitrogen and oxygen atoms in total. The first-order valence-corrected chi connectivity index (χ1v) is 9.11. The molecule has 0 radical (unpaired) electrons. The molecule has 1 atom stereocenters. The molecule has 2 heterocycles. The van der Waals surface area contributed by atoms with Crippen molar-refractivity contribution in [2.75, 3.05) is 20.1 Å². The second kappa shape index (κ2) is 6.02. The molecule has 3 rings (SSSR count). The van der Waals surface area contributed by atoms with Crippen LogP contribution in [0.4, 0.5) is 0 Å². The van der Waals surface area contributed by atoms with Gasteiger partial charge < -0.3 is 4.42 Å². The summed E-state index contributed by atoms with van der Waals surface area (Å²) in [5, 5.41) is 0.994. The Bertz CT molecular complexity index is 715. The van der Waals surface area contributed by atoms with Crippen molar-refractivity contribution in [3.8, 4) is 0 Å². The second-order valence-corrected chi connectivity index (χ2v) is 7.83. The molecule has 22 heavy (non-hydrogen) atoms. The van der Waals surface area contributed by atoms with E-state index in [1.165, 1.54) is 4.31 Å². The zero-order chi connectivity index (χ0) is 15.7. The average molecular weight is 322 g/mol. The Morgan fingerprint density at radius 2 is 1.86 bits per heavy atom. The summed E-state index contributed by atoms with van der Waals surface area (Å²) < 4.78 is 34.3. The van der Waals surface area contributed by atoms with Crippen LogP contribution in [0, 0.1) is 0 Å². The molecule has 1 fully saturated rings. The van der Waals surface area contributed by atoms with Crippen molar-refractivity contribution in [1.82, 2.24) is 8.61 Å². The molecule has 1 saturated heterocycles. The summed E-state index contributed by atoms with van der Waals surface area (Å²) in [4.78, 5) is 0. The van der Waals surface area contributed by atoms with E-state index < -0.39 is 10.2 Å². The van der Waals surface area contributed by atoms with E-state index in [1.54, 1.807) is 11.4 Å². The lowest BCUT2D eigenvalue weighted by Gasteiger charge is -2.32. The molecule has 0 aliphatic carbocycles. The predicted octanol–water partition coefficient (Wildman–Crippen LogP) is 3.16. The molecule has 1 aromatic heterocycles. The van der Waals surface area contributed by atoms with E-state index in [4.69, 9.17) is 4.42 Å². The summed E-state index contributed by atoms with van der Waals surface area (Å²) in [5.74, 6) is 0.671. The number of rotatable bonds is 4. The monoisotopic (exact) mass is 322 g/mol. The maximum absolute atomic E-state index is 12.7. The van der Waals surface area contributed by atoms with Crippen LogP contribution in [-0.4, -0.2) is 37.2 Å². The van der Waals surface area contributed by atoms with Crippen molar-refractivity contribution in [2.24, 2.45) is 0 Å². The van der Waals surface area contributed by atoms with E-state index in [9.17, 15) is 8.42 Å². The molecule has 1 unspecified atom stereocenters. The van der Waals surface area contributed by atoms with E-state index >= 15 is 0 Å². The van der Waals surface area contributed by atoms with Crippen molar-refractivity contribution in [3.05, 3.63) is 36.1 Å². The molecule has 0 amide bonds. The van der Waals surface area contributed by atoms with Crippen LogP contribution in [0.15, 0.2) is 34.7 Å². The molecule has 0 bridgehead atoms. The lowest BCUT2D eigenvalue weighted by atomic mass is 10.2. The fraction of sp³-hybridized carbons (Fsp3) is 0.500. The Hall–Kier alpha value is -1.37. The Morgan fingerprint density at radius 1 is 1.18 bits per heavy atom. The zero-order valence-electron chi connectivity index (χ0n) is 13.0. The second-order valence-electron chi connectivity index (χ2n) is 5.85. The van der Waals surface area contributed by atoms with Crippen molar-refractivity contribution >= 4 is 21.2 Å². The molecule has 1 aromatic carbocycles. The van der Waals surface area contributed by atoms with Crippen LogP contribution < -0.4 is 0 Å². The minimum absolute atomic E-state index is 0.334. The van der Waals surface area contributed by atoms with E-state index in [2.05, 4.69) is 0 Å². The Morgan fingerprint density at radius 3 is 2.55 bits per heavy atom. The first kappa shape index (κ1) is 15.5. The quantitative estimate of drug-likeness (QED) is 0.869. The highest BCUT2D eigenvalue weighted by Gasteiger charge is 2.32. The molecular formula is C16H22N2O3S. The molecule has 1 aliphatic rings. The first-order chi connectivity index (χ1) is 10.5. The van der Waals surface area contributed by atoms with Gasteiger partial charge in [0.15, 0.2) is 0 Å². The lowest BCUT2D eigenvalue weighted by molar-refractivity contribution is 0.284. The van der Waals surface area contributed by atoms with Crippen LogP contribution in [0.1, 0.15) is 38.0 Å². The molecular weight excluding hydrogens is 300 g/mol. The summed E-state index contributed by atoms with van der Waals surface area (Å²) in [6.07, 6.45) is 2.98. The van der Waals surface area contributed by atoms with Crippen LogP contribution in [0.2, 0.25) is 0 Å². The van der Waals surface area contributed by atoms with Crippen LogP contribution in [0.3, 0.4) is 0 Å². The number of benzene rings is 1. The molecule has 120 valence electrons.